The van der Waals surface area contributed by atoms with Gasteiger partial charge in [-0.25, -0.2) is 4.79 Å². The molecule has 20 heavy (non-hydrogen) atoms. The second-order valence-electron chi connectivity index (χ2n) is 5.05. The van der Waals surface area contributed by atoms with E-state index in [1.807, 2.05) is 0 Å². The highest BCUT2D eigenvalue weighted by molar-refractivity contribution is 6.05. The zero-order chi connectivity index (χ0) is 14.5. The van der Waals surface area contributed by atoms with Gasteiger partial charge in [-0.15, -0.1) is 0 Å². The van der Waals surface area contributed by atoms with E-state index in [2.05, 4.69) is 10.6 Å². The van der Waals surface area contributed by atoms with E-state index in [1.165, 1.54) is 0 Å². The zero-order valence-electron chi connectivity index (χ0n) is 11.6. The lowest BCUT2D eigenvalue weighted by atomic mass is 9.98. The van der Waals surface area contributed by atoms with Crippen LogP contribution >= 0.6 is 0 Å². The number of rotatable bonds is 2. The van der Waals surface area contributed by atoms with Crippen LogP contribution in [0.25, 0.3) is 0 Å². The maximum absolute atomic E-state index is 12.1. The summed E-state index contributed by atoms with van der Waals surface area (Å²) in [5.41, 5.74) is -0.193. The zero-order valence-corrected chi connectivity index (χ0v) is 11.6. The Balaban J connectivity index is 2.25. The molecule has 0 unspecified atom stereocenters. The Labute approximate surface area is 118 Å². The van der Waals surface area contributed by atoms with Gasteiger partial charge in [0.25, 0.3) is 5.91 Å². The summed E-state index contributed by atoms with van der Waals surface area (Å²) in [5.74, 6) is -1.14. The van der Waals surface area contributed by atoms with Gasteiger partial charge in [-0.3, -0.25) is 4.79 Å². The van der Waals surface area contributed by atoms with Crippen LogP contribution in [0.15, 0.2) is 11.3 Å². The number of nitrogens with zero attached hydrogens (tertiary/aromatic N) is 1. The summed E-state index contributed by atoms with van der Waals surface area (Å²) in [7, 11) is 0. The van der Waals surface area contributed by atoms with Crippen LogP contribution in [0.3, 0.4) is 0 Å². The van der Waals surface area contributed by atoms with Crippen LogP contribution in [0.4, 0.5) is 0 Å². The predicted molar refractivity (Wildman–Crippen MR) is 71.2 cm³/mol. The SMILES string of the molecule is CCOC(=O)/C(C#N)=C1\N[C@@H]2CCCCC[C@@H]2NC1=O. The molecule has 108 valence electrons. The van der Waals surface area contributed by atoms with Crippen molar-refractivity contribution in [3.8, 4) is 6.07 Å². The third-order valence-electron chi connectivity index (χ3n) is 3.73. The van der Waals surface area contributed by atoms with Gasteiger partial charge in [0.05, 0.1) is 6.61 Å². The van der Waals surface area contributed by atoms with Crippen molar-refractivity contribution in [2.24, 2.45) is 0 Å². The third kappa shape index (κ3) is 2.93. The Morgan fingerprint density at radius 2 is 1.95 bits per heavy atom. The van der Waals surface area contributed by atoms with Crippen molar-refractivity contribution in [3.63, 3.8) is 0 Å². The van der Waals surface area contributed by atoms with Crippen LogP contribution in [0.5, 0.6) is 0 Å². The number of fused-ring (bicyclic) bond motifs is 1. The van der Waals surface area contributed by atoms with E-state index in [0.29, 0.717) is 0 Å². The molecule has 6 heteroatoms. The molecule has 0 radical (unpaired) electrons. The van der Waals surface area contributed by atoms with Crippen molar-refractivity contribution in [3.05, 3.63) is 11.3 Å². The van der Waals surface area contributed by atoms with Gasteiger partial charge in [-0.1, -0.05) is 19.3 Å². The average Bonchev–Trinajstić information content (AvgIpc) is 2.65. The largest absolute Gasteiger partial charge is 0.462 e. The number of amides is 1. The summed E-state index contributed by atoms with van der Waals surface area (Å²) in [6.07, 6.45) is 5.17. The van der Waals surface area contributed by atoms with Crippen molar-refractivity contribution in [2.45, 2.75) is 51.1 Å². The van der Waals surface area contributed by atoms with E-state index in [-0.39, 0.29) is 30.0 Å². The highest BCUT2D eigenvalue weighted by atomic mass is 16.5. The maximum atomic E-state index is 12.1. The summed E-state index contributed by atoms with van der Waals surface area (Å²) < 4.78 is 4.82. The van der Waals surface area contributed by atoms with Gasteiger partial charge in [0.2, 0.25) is 0 Å². The molecule has 2 N–H and O–H groups in total. The highest BCUT2D eigenvalue weighted by Crippen LogP contribution is 2.23. The summed E-state index contributed by atoms with van der Waals surface area (Å²) in [5, 5.41) is 15.1. The fraction of sp³-hybridized carbons (Fsp3) is 0.643. The minimum absolute atomic E-state index is 0.0501. The van der Waals surface area contributed by atoms with E-state index in [0.717, 1.165) is 32.1 Å². The van der Waals surface area contributed by atoms with Crippen LogP contribution in [0.2, 0.25) is 0 Å². The molecular formula is C14H19N3O3. The maximum Gasteiger partial charge on any atom is 0.351 e. The molecule has 1 saturated heterocycles. The van der Waals surface area contributed by atoms with Gasteiger partial charge >= 0.3 is 5.97 Å². The monoisotopic (exact) mass is 277 g/mol. The Morgan fingerprint density at radius 3 is 2.55 bits per heavy atom. The number of hydrogen-bond donors (Lipinski definition) is 2. The number of hydrogen-bond acceptors (Lipinski definition) is 5. The Morgan fingerprint density at radius 1 is 1.30 bits per heavy atom. The molecule has 1 amide bonds. The fourth-order valence-electron chi connectivity index (χ4n) is 2.74. The molecule has 6 nitrogen and oxygen atoms in total. The molecule has 2 rings (SSSR count). The summed E-state index contributed by atoms with van der Waals surface area (Å²) in [6, 6.07) is 1.95. The topological polar surface area (TPSA) is 91.2 Å². The first-order valence-electron chi connectivity index (χ1n) is 7.06. The minimum atomic E-state index is -0.750. The fourth-order valence-corrected chi connectivity index (χ4v) is 2.74. The number of carbonyl (C=O) groups is 2. The van der Waals surface area contributed by atoms with E-state index >= 15 is 0 Å². The molecule has 1 saturated carbocycles. The van der Waals surface area contributed by atoms with Crippen LogP contribution in [0.1, 0.15) is 39.0 Å². The van der Waals surface area contributed by atoms with E-state index < -0.39 is 11.9 Å². The first-order valence-corrected chi connectivity index (χ1v) is 7.06. The molecule has 1 aliphatic carbocycles. The Hall–Kier alpha value is -2.03. The lowest BCUT2D eigenvalue weighted by Gasteiger charge is -2.34. The Bertz CT molecular complexity index is 479. The van der Waals surface area contributed by atoms with Crippen molar-refractivity contribution in [1.29, 1.82) is 5.26 Å². The number of esters is 1. The Kier molecular flexibility index (Phi) is 4.61. The number of piperazine rings is 1. The van der Waals surface area contributed by atoms with Gasteiger partial charge < -0.3 is 15.4 Å². The standard InChI is InChI=1S/C14H19N3O3/c1-2-20-14(19)9(8-15)12-13(18)17-11-7-5-3-4-6-10(11)16-12/h10-11,16H,2-7H2,1H3,(H,17,18)/b12-9-/t10-,11+/m1/s1. The number of carbonyl (C=O) groups excluding carboxylic acids is 2. The highest BCUT2D eigenvalue weighted by Gasteiger charge is 2.35. The molecule has 2 fully saturated rings. The first kappa shape index (κ1) is 14.4. The van der Waals surface area contributed by atoms with Crippen molar-refractivity contribution in [1.82, 2.24) is 10.6 Å². The third-order valence-corrected chi connectivity index (χ3v) is 3.73. The van der Waals surface area contributed by atoms with Crippen LogP contribution in [-0.4, -0.2) is 30.6 Å². The van der Waals surface area contributed by atoms with Gasteiger partial charge in [-0.05, 0) is 19.8 Å². The summed E-state index contributed by atoms with van der Waals surface area (Å²) in [4.78, 5) is 23.8. The summed E-state index contributed by atoms with van der Waals surface area (Å²) >= 11 is 0. The smallest absolute Gasteiger partial charge is 0.351 e. The minimum Gasteiger partial charge on any atom is -0.462 e. The molecule has 0 aromatic rings. The van der Waals surface area contributed by atoms with E-state index in [1.54, 1.807) is 13.0 Å². The quantitative estimate of drug-likeness (QED) is 0.441. The van der Waals surface area contributed by atoms with Crippen LogP contribution in [-0.2, 0) is 14.3 Å². The van der Waals surface area contributed by atoms with Crippen LogP contribution < -0.4 is 10.6 Å². The molecule has 0 bridgehead atoms. The first-order chi connectivity index (χ1) is 9.67. The van der Waals surface area contributed by atoms with E-state index in [4.69, 9.17) is 10.00 Å². The van der Waals surface area contributed by atoms with Gasteiger partial charge in [-0.2, -0.15) is 5.26 Å². The molecule has 1 aliphatic heterocycles. The summed E-state index contributed by atoms with van der Waals surface area (Å²) in [6.45, 7) is 1.83. The normalized spacial score (nSPS) is 28.1. The number of ether oxygens (including phenoxy) is 1. The molecule has 2 aliphatic rings. The van der Waals surface area contributed by atoms with Crippen molar-refractivity contribution < 1.29 is 14.3 Å². The second kappa shape index (κ2) is 6.42. The van der Waals surface area contributed by atoms with Crippen molar-refractivity contribution in [2.75, 3.05) is 6.61 Å². The lowest BCUT2D eigenvalue weighted by Crippen LogP contribution is -2.57. The van der Waals surface area contributed by atoms with Gasteiger partial charge in [0.1, 0.15) is 11.8 Å². The number of nitrogens with one attached hydrogen (secondary N) is 2. The molecule has 0 aromatic carbocycles. The van der Waals surface area contributed by atoms with Crippen LogP contribution in [0, 0.1) is 11.3 Å². The average molecular weight is 277 g/mol. The predicted octanol–water partition coefficient (Wildman–Crippen LogP) is 0.748. The lowest BCUT2D eigenvalue weighted by molar-refractivity contribution is -0.138. The molecule has 0 aromatic heterocycles. The van der Waals surface area contributed by atoms with E-state index in [9.17, 15) is 9.59 Å². The molecular weight excluding hydrogens is 258 g/mol. The molecule has 0 spiro atoms. The molecule has 1 heterocycles. The molecule has 2 atom stereocenters. The number of nitriles is 1. The van der Waals surface area contributed by atoms with Gasteiger partial charge in [0, 0.05) is 12.1 Å². The van der Waals surface area contributed by atoms with Gasteiger partial charge in [0.15, 0.2) is 5.57 Å². The van der Waals surface area contributed by atoms with Crippen molar-refractivity contribution >= 4 is 11.9 Å². The second-order valence-corrected chi connectivity index (χ2v) is 5.05.